The first-order valence-electron chi connectivity index (χ1n) is 7.02. The number of carbonyl (C=O) groups is 1. The minimum Gasteiger partial charge on any atom is -0.351 e. The van der Waals surface area contributed by atoms with Crippen molar-refractivity contribution in [1.29, 1.82) is 0 Å². The van der Waals surface area contributed by atoms with Crippen LogP contribution in [-0.2, 0) is 21.4 Å². The van der Waals surface area contributed by atoms with Crippen molar-refractivity contribution in [2.24, 2.45) is 0 Å². The lowest BCUT2D eigenvalue weighted by atomic mass is 10.2. The molecule has 8 heteroatoms. The summed E-state index contributed by atoms with van der Waals surface area (Å²) in [6, 6.07) is 11.9. The first kappa shape index (κ1) is 18.6. The van der Waals surface area contributed by atoms with Crippen LogP contribution in [0.25, 0.3) is 0 Å². The van der Waals surface area contributed by atoms with Gasteiger partial charge in [0.05, 0.1) is 11.4 Å². The van der Waals surface area contributed by atoms with E-state index in [9.17, 15) is 17.6 Å². The maximum atomic E-state index is 12.8. The summed E-state index contributed by atoms with van der Waals surface area (Å²) in [7, 11) is -2.40. The van der Waals surface area contributed by atoms with E-state index in [1.807, 2.05) is 0 Å². The van der Waals surface area contributed by atoms with Crippen molar-refractivity contribution in [3.8, 4) is 0 Å². The average molecular weight is 415 g/mol. The molecule has 24 heavy (non-hydrogen) atoms. The Morgan fingerprint density at radius 3 is 2.29 bits per heavy atom. The zero-order chi connectivity index (χ0) is 17.7. The van der Waals surface area contributed by atoms with Gasteiger partial charge in [0.25, 0.3) is 0 Å². The average Bonchev–Trinajstić information content (AvgIpc) is 2.54. The van der Waals surface area contributed by atoms with Gasteiger partial charge in [-0.15, -0.1) is 0 Å². The Morgan fingerprint density at radius 2 is 1.71 bits per heavy atom. The van der Waals surface area contributed by atoms with Crippen LogP contribution in [0.15, 0.2) is 57.9 Å². The van der Waals surface area contributed by atoms with Crippen molar-refractivity contribution in [2.75, 3.05) is 13.6 Å². The Balaban J connectivity index is 1.95. The number of nitrogens with one attached hydrogen (secondary N) is 1. The predicted molar refractivity (Wildman–Crippen MR) is 92.2 cm³/mol. The van der Waals surface area contributed by atoms with Gasteiger partial charge in [-0.25, -0.2) is 12.8 Å². The minimum atomic E-state index is -3.74. The summed E-state index contributed by atoms with van der Waals surface area (Å²) in [6.45, 7) is -0.106. The van der Waals surface area contributed by atoms with Crippen LogP contribution in [0.3, 0.4) is 0 Å². The molecule has 2 rings (SSSR count). The van der Waals surface area contributed by atoms with Gasteiger partial charge < -0.3 is 5.32 Å². The Bertz CT molecular complexity index is 808. The molecule has 5 nitrogen and oxygen atoms in total. The fourth-order valence-corrected chi connectivity index (χ4v) is 3.32. The summed E-state index contributed by atoms with van der Waals surface area (Å²) in [5.41, 5.74) is 0.725. The third-order valence-electron chi connectivity index (χ3n) is 3.29. The molecule has 0 aliphatic heterocycles. The molecule has 1 N–H and O–H groups in total. The molecule has 0 radical (unpaired) electrons. The second-order valence-corrected chi connectivity index (χ2v) is 8.08. The quantitative estimate of drug-likeness (QED) is 0.789. The van der Waals surface area contributed by atoms with Gasteiger partial charge in [-0.3, -0.25) is 4.79 Å². The van der Waals surface area contributed by atoms with E-state index in [2.05, 4.69) is 21.2 Å². The first-order valence-corrected chi connectivity index (χ1v) is 9.25. The highest BCUT2D eigenvalue weighted by Crippen LogP contribution is 2.17. The van der Waals surface area contributed by atoms with Crippen molar-refractivity contribution in [3.05, 3.63) is 64.4 Å². The number of nitrogens with zero attached hydrogens (tertiary/aromatic N) is 1. The highest BCUT2D eigenvalue weighted by atomic mass is 79.9. The minimum absolute atomic E-state index is 0.111. The smallest absolute Gasteiger partial charge is 0.243 e. The second kappa shape index (κ2) is 7.87. The third-order valence-corrected chi connectivity index (χ3v) is 5.64. The van der Waals surface area contributed by atoms with E-state index >= 15 is 0 Å². The van der Waals surface area contributed by atoms with Gasteiger partial charge in [-0.2, -0.15) is 4.31 Å². The van der Waals surface area contributed by atoms with Crippen LogP contribution in [0.1, 0.15) is 5.56 Å². The number of amides is 1. The monoisotopic (exact) mass is 414 g/mol. The van der Waals surface area contributed by atoms with Crippen LogP contribution < -0.4 is 5.32 Å². The van der Waals surface area contributed by atoms with Crippen molar-refractivity contribution in [2.45, 2.75) is 11.4 Å². The molecule has 0 aromatic heterocycles. The number of halogens is 2. The van der Waals surface area contributed by atoms with Gasteiger partial charge in [0, 0.05) is 18.1 Å². The summed E-state index contributed by atoms with van der Waals surface area (Å²) in [5.74, 6) is -0.798. The van der Waals surface area contributed by atoms with Gasteiger partial charge in [0.2, 0.25) is 15.9 Å². The number of likely N-dealkylation sites (N-methyl/N-ethyl adjacent to an activating group) is 1. The highest BCUT2D eigenvalue weighted by molar-refractivity contribution is 9.10. The number of sulfonamides is 1. The zero-order valence-electron chi connectivity index (χ0n) is 12.9. The molecule has 0 atom stereocenters. The van der Waals surface area contributed by atoms with E-state index < -0.39 is 15.9 Å². The molecule has 128 valence electrons. The molecule has 0 bridgehead atoms. The lowest BCUT2D eigenvalue weighted by Crippen LogP contribution is -2.38. The van der Waals surface area contributed by atoms with Crippen molar-refractivity contribution in [3.63, 3.8) is 0 Å². The molecule has 0 saturated heterocycles. The van der Waals surface area contributed by atoms with Crippen LogP contribution >= 0.6 is 15.9 Å². The van der Waals surface area contributed by atoms with E-state index in [0.29, 0.717) is 0 Å². The number of rotatable bonds is 6. The Kier molecular flexibility index (Phi) is 6.09. The lowest BCUT2D eigenvalue weighted by molar-refractivity contribution is -0.121. The van der Waals surface area contributed by atoms with Crippen molar-refractivity contribution >= 4 is 31.9 Å². The molecule has 2 aromatic rings. The van der Waals surface area contributed by atoms with Crippen molar-refractivity contribution in [1.82, 2.24) is 9.62 Å². The van der Waals surface area contributed by atoms with Gasteiger partial charge in [-0.05, 0) is 42.0 Å². The maximum absolute atomic E-state index is 12.8. The topological polar surface area (TPSA) is 66.5 Å². The molecular weight excluding hydrogens is 399 g/mol. The lowest BCUT2D eigenvalue weighted by Gasteiger charge is -2.17. The predicted octanol–water partition coefficient (Wildman–Crippen LogP) is 2.53. The molecular formula is C16H16BrFN2O3S. The molecule has 0 aliphatic carbocycles. The number of hydrogen-bond acceptors (Lipinski definition) is 3. The highest BCUT2D eigenvalue weighted by Gasteiger charge is 2.22. The number of carbonyl (C=O) groups excluding carboxylic acids is 1. The molecule has 0 unspecified atom stereocenters. The molecule has 0 fully saturated rings. The summed E-state index contributed by atoms with van der Waals surface area (Å²) >= 11 is 3.24. The summed E-state index contributed by atoms with van der Waals surface area (Å²) in [6.07, 6.45) is 0. The molecule has 1 amide bonds. The van der Waals surface area contributed by atoms with Gasteiger partial charge in [-0.1, -0.05) is 28.1 Å². The van der Waals surface area contributed by atoms with E-state index in [1.54, 1.807) is 24.3 Å². The van der Waals surface area contributed by atoms with E-state index in [-0.39, 0.29) is 23.8 Å². The van der Waals surface area contributed by atoms with Crippen LogP contribution in [0, 0.1) is 5.82 Å². The number of hydrogen-bond donors (Lipinski definition) is 1. The molecule has 0 aliphatic rings. The Morgan fingerprint density at radius 1 is 1.12 bits per heavy atom. The largest absolute Gasteiger partial charge is 0.351 e. The SMILES string of the molecule is CN(CC(=O)NCc1ccc(F)cc1)S(=O)(=O)c1ccc(Br)cc1. The van der Waals surface area contributed by atoms with Crippen molar-refractivity contribution < 1.29 is 17.6 Å². The van der Waals surface area contributed by atoms with E-state index in [4.69, 9.17) is 0 Å². The Hall–Kier alpha value is -1.77. The van der Waals surface area contributed by atoms with E-state index in [1.165, 1.54) is 31.3 Å². The third kappa shape index (κ3) is 4.86. The number of benzene rings is 2. The maximum Gasteiger partial charge on any atom is 0.243 e. The zero-order valence-corrected chi connectivity index (χ0v) is 15.3. The van der Waals surface area contributed by atoms with Crippen LogP contribution in [0.2, 0.25) is 0 Å². The second-order valence-electron chi connectivity index (χ2n) is 5.12. The molecule has 0 heterocycles. The molecule has 0 spiro atoms. The fourth-order valence-electron chi connectivity index (χ4n) is 1.93. The van der Waals surface area contributed by atoms with Gasteiger partial charge >= 0.3 is 0 Å². The van der Waals surface area contributed by atoms with Gasteiger partial charge in [0.15, 0.2) is 0 Å². The molecule has 0 saturated carbocycles. The fraction of sp³-hybridized carbons (Fsp3) is 0.188. The first-order chi connectivity index (χ1) is 11.3. The van der Waals surface area contributed by atoms with Crippen LogP contribution in [-0.4, -0.2) is 32.2 Å². The van der Waals surface area contributed by atoms with Crippen LogP contribution in [0.5, 0.6) is 0 Å². The summed E-state index contributed by atoms with van der Waals surface area (Å²) < 4.78 is 39.3. The normalized spacial score (nSPS) is 11.5. The standard InChI is InChI=1S/C16H16BrFN2O3S/c1-20(24(22,23)15-8-4-13(17)5-9-15)11-16(21)19-10-12-2-6-14(18)7-3-12/h2-9H,10-11H2,1H3,(H,19,21). The summed E-state index contributed by atoms with van der Waals surface area (Å²) in [4.78, 5) is 12.0. The van der Waals surface area contributed by atoms with E-state index in [0.717, 1.165) is 14.3 Å². The summed E-state index contributed by atoms with van der Waals surface area (Å²) in [5, 5.41) is 2.61. The Labute approximate surface area is 148 Å². The molecule has 2 aromatic carbocycles. The van der Waals surface area contributed by atoms with Crippen LogP contribution in [0.4, 0.5) is 4.39 Å². The van der Waals surface area contributed by atoms with Gasteiger partial charge in [0.1, 0.15) is 5.82 Å².